The highest BCUT2D eigenvalue weighted by Gasteiger charge is 2.29. The molecule has 4 rings (SSSR count). The van der Waals surface area contributed by atoms with E-state index >= 15 is 0 Å². The van der Waals surface area contributed by atoms with Crippen LogP contribution in [0.2, 0.25) is 0 Å². The van der Waals surface area contributed by atoms with Crippen molar-refractivity contribution in [3.05, 3.63) is 95.8 Å². The van der Waals surface area contributed by atoms with Crippen LogP contribution in [0.1, 0.15) is 24.5 Å². The van der Waals surface area contributed by atoms with Gasteiger partial charge >= 0.3 is 0 Å². The number of carbonyl (C=O) groups excluding carboxylic acids is 1. The van der Waals surface area contributed by atoms with Crippen LogP contribution in [0.3, 0.4) is 0 Å². The molecule has 0 N–H and O–H groups in total. The first-order valence-electron chi connectivity index (χ1n) is 10.1. The average molecular weight is 402 g/mol. The van der Waals surface area contributed by atoms with E-state index in [1.54, 1.807) is 17.0 Å². The van der Waals surface area contributed by atoms with Gasteiger partial charge in [0.15, 0.2) is 0 Å². The maximum atomic E-state index is 13.1. The van der Waals surface area contributed by atoms with E-state index in [-0.39, 0.29) is 11.7 Å². The number of ether oxygens (including phenoxy) is 1. The molecule has 1 heterocycles. The second-order valence-corrected chi connectivity index (χ2v) is 7.18. The summed E-state index contributed by atoms with van der Waals surface area (Å²) in [5, 5.41) is 0. The number of anilines is 1. The Labute approximate surface area is 175 Å². The molecular formula is C25H23FN2O2. The molecule has 1 aliphatic rings. The Morgan fingerprint density at radius 1 is 0.967 bits per heavy atom. The number of fused-ring (bicyclic) bond motifs is 1. The summed E-state index contributed by atoms with van der Waals surface area (Å²) >= 11 is 0. The van der Waals surface area contributed by atoms with Crippen molar-refractivity contribution < 1.29 is 13.9 Å². The molecule has 0 spiro atoms. The monoisotopic (exact) mass is 402 g/mol. The number of rotatable bonds is 6. The number of hydrogen-bond donors (Lipinski definition) is 0. The molecule has 0 radical (unpaired) electrons. The van der Waals surface area contributed by atoms with Crippen molar-refractivity contribution in [3.8, 4) is 5.75 Å². The normalized spacial score (nSPS) is 15.9. The zero-order valence-electron chi connectivity index (χ0n) is 16.8. The van der Waals surface area contributed by atoms with Gasteiger partial charge in [0.2, 0.25) is 0 Å². The van der Waals surface area contributed by atoms with E-state index in [1.165, 1.54) is 12.1 Å². The summed E-state index contributed by atoms with van der Waals surface area (Å²) in [4.78, 5) is 19.7. The Morgan fingerprint density at radius 3 is 2.43 bits per heavy atom. The van der Waals surface area contributed by atoms with E-state index in [2.05, 4.69) is 0 Å². The maximum absolute atomic E-state index is 13.1. The fourth-order valence-corrected chi connectivity index (χ4v) is 3.57. The lowest BCUT2D eigenvalue weighted by Gasteiger charge is -2.24. The number of amides is 1. The van der Waals surface area contributed by atoms with Gasteiger partial charge in [0.1, 0.15) is 17.6 Å². The first-order valence-corrected chi connectivity index (χ1v) is 10.1. The first-order chi connectivity index (χ1) is 14.6. The van der Waals surface area contributed by atoms with E-state index in [1.807, 2.05) is 61.5 Å². The van der Waals surface area contributed by atoms with Gasteiger partial charge in [-0.2, -0.15) is 0 Å². The second-order valence-electron chi connectivity index (χ2n) is 7.18. The Morgan fingerprint density at radius 2 is 1.67 bits per heavy atom. The topological polar surface area (TPSA) is 41.9 Å². The molecule has 1 aliphatic heterocycles. The van der Waals surface area contributed by atoms with Crippen LogP contribution < -0.4 is 9.64 Å². The van der Waals surface area contributed by atoms with Gasteiger partial charge in [-0.05, 0) is 43.7 Å². The van der Waals surface area contributed by atoms with Gasteiger partial charge in [-0.25, -0.2) is 4.39 Å². The lowest BCUT2D eigenvalue weighted by Crippen LogP contribution is -2.37. The summed E-state index contributed by atoms with van der Waals surface area (Å²) in [6.07, 6.45) is 0.644. The largest absolute Gasteiger partial charge is 0.494 e. The van der Waals surface area contributed by atoms with Crippen molar-refractivity contribution >= 4 is 17.3 Å². The van der Waals surface area contributed by atoms with E-state index < -0.39 is 6.04 Å². The molecule has 0 aliphatic carbocycles. The lowest BCUT2D eigenvalue weighted by atomic mass is 10.00. The molecule has 1 unspecified atom stereocenters. The fourth-order valence-electron chi connectivity index (χ4n) is 3.57. The van der Waals surface area contributed by atoms with Gasteiger partial charge in [-0.15, -0.1) is 0 Å². The molecule has 0 saturated heterocycles. The summed E-state index contributed by atoms with van der Waals surface area (Å²) in [5.41, 5.74) is 3.63. The third kappa shape index (κ3) is 4.25. The molecule has 4 nitrogen and oxygen atoms in total. The van der Waals surface area contributed by atoms with Gasteiger partial charge in [0.05, 0.1) is 18.0 Å². The minimum Gasteiger partial charge on any atom is -0.494 e. The van der Waals surface area contributed by atoms with Crippen LogP contribution >= 0.6 is 0 Å². The minimum absolute atomic E-state index is 0.0323. The highest BCUT2D eigenvalue weighted by molar-refractivity contribution is 6.20. The van der Waals surface area contributed by atoms with Crippen LogP contribution in [0.15, 0.2) is 83.9 Å². The molecule has 1 amide bonds. The van der Waals surface area contributed by atoms with Gasteiger partial charge in [0, 0.05) is 17.7 Å². The number of para-hydroxylation sites is 1. The Kier molecular flexibility index (Phi) is 5.89. The third-order valence-corrected chi connectivity index (χ3v) is 5.05. The van der Waals surface area contributed by atoms with Crippen molar-refractivity contribution in [2.45, 2.75) is 19.4 Å². The smallest absolute Gasteiger partial charge is 0.251 e. The van der Waals surface area contributed by atoms with Crippen molar-refractivity contribution in [2.75, 3.05) is 18.1 Å². The highest BCUT2D eigenvalue weighted by atomic mass is 19.1. The molecule has 3 aromatic rings. The highest BCUT2D eigenvalue weighted by Crippen LogP contribution is 2.28. The van der Waals surface area contributed by atoms with Gasteiger partial charge in [-0.3, -0.25) is 9.79 Å². The average Bonchev–Trinajstić information content (AvgIpc) is 2.88. The van der Waals surface area contributed by atoms with Crippen LogP contribution in [0.5, 0.6) is 5.75 Å². The molecule has 0 saturated carbocycles. The lowest BCUT2D eigenvalue weighted by molar-refractivity contribution is -0.119. The fraction of sp³-hybridized carbons (Fsp3) is 0.200. The van der Waals surface area contributed by atoms with Gasteiger partial charge in [0.25, 0.3) is 5.91 Å². The Bertz CT molecular complexity index is 1050. The van der Waals surface area contributed by atoms with E-state index in [0.717, 1.165) is 22.5 Å². The molecule has 5 heteroatoms. The quantitative estimate of drug-likeness (QED) is 0.552. The van der Waals surface area contributed by atoms with Crippen LogP contribution in [-0.2, 0) is 4.79 Å². The third-order valence-electron chi connectivity index (χ3n) is 5.05. The number of hydrogen-bond acceptors (Lipinski definition) is 3. The second kappa shape index (κ2) is 8.91. The molecule has 0 bridgehead atoms. The van der Waals surface area contributed by atoms with Crippen LogP contribution in [-0.4, -0.2) is 30.8 Å². The van der Waals surface area contributed by atoms with E-state index in [0.29, 0.717) is 25.3 Å². The van der Waals surface area contributed by atoms with E-state index in [9.17, 15) is 9.18 Å². The standard InChI is InChI=1S/C25H23FN2O2/c1-18-25(29)28(16-7-17-30-21-14-12-20(26)13-15-21)23-11-6-5-10-22(23)24(27-18)19-8-3-2-4-9-19/h2-6,8-15,18H,7,16-17H2,1H3. The van der Waals surface area contributed by atoms with Gasteiger partial charge < -0.3 is 9.64 Å². The molecule has 0 fully saturated rings. The molecule has 30 heavy (non-hydrogen) atoms. The zero-order chi connectivity index (χ0) is 20.9. The van der Waals surface area contributed by atoms with Crippen molar-refractivity contribution in [1.29, 1.82) is 0 Å². The van der Waals surface area contributed by atoms with Crippen molar-refractivity contribution in [1.82, 2.24) is 0 Å². The van der Waals surface area contributed by atoms with Crippen LogP contribution in [0.25, 0.3) is 0 Å². The number of benzodiazepines with no additional fused rings is 1. The van der Waals surface area contributed by atoms with Crippen molar-refractivity contribution in [2.24, 2.45) is 4.99 Å². The minimum atomic E-state index is -0.481. The molecule has 1 atom stereocenters. The Hall–Kier alpha value is -3.47. The number of aliphatic imine (C=N–C) groups is 1. The number of nitrogens with zero attached hydrogens (tertiary/aromatic N) is 2. The van der Waals surface area contributed by atoms with Crippen molar-refractivity contribution in [3.63, 3.8) is 0 Å². The summed E-state index contributed by atoms with van der Waals surface area (Å²) in [6.45, 7) is 2.77. The zero-order valence-corrected chi connectivity index (χ0v) is 16.8. The summed E-state index contributed by atoms with van der Waals surface area (Å²) < 4.78 is 18.7. The predicted molar refractivity (Wildman–Crippen MR) is 117 cm³/mol. The number of benzene rings is 3. The van der Waals surface area contributed by atoms with Gasteiger partial charge in [-0.1, -0.05) is 48.5 Å². The van der Waals surface area contributed by atoms with Crippen LogP contribution in [0, 0.1) is 5.82 Å². The SMILES string of the molecule is CC1N=C(c2ccccc2)c2ccccc2N(CCCOc2ccc(F)cc2)C1=O. The summed E-state index contributed by atoms with van der Waals surface area (Å²) in [5.74, 6) is 0.287. The Balaban J connectivity index is 1.54. The molecule has 152 valence electrons. The molecule has 3 aromatic carbocycles. The maximum Gasteiger partial charge on any atom is 0.251 e. The van der Waals surface area contributed by atoms with Crippen LogP contribution in [0.4, 0.5) is 10.1 Å². The predicted octanol–water partition coefficient (Wildman–Crippen LogP) is 4.87. The summed E-state index contributed by atoms with van der Waals surface area (Å²) in [7, 11) is 0. The van der Waals surface area contributed by atoms with E-state index in [4.69, 9.17) is 9.73 Å². The summed E-state index contributed by atoms with van der Waals surface area (Å²) in [6, 6.07) is 23.3. The number of halogens is 1. The number of carbonyl (C=O) groups is 1. The molecular weight excluding hydrogens is 379 g/mol. The first kappa shape index (κ1) is 19.8. The molecule has 0 aromatic heterocycles.